The molecule has 0 radical (unpaired) electrons. The van der Waals surface area contributed by atoms with Crippen molar-refractivity contribution in [3.05, 3.63) is 35.9 Å². The molecule has 0 spiro atoms. The van der Waals surface area contributed by atoms with Crippen LogP contribution in [0.5, 0.6) is 0 Å². The van der Waals surface area contributed by atoms with Crippen molar-refractivity contribution in [2.75, 3.05) is 27.4 Å². The molecule has 128 valence electrons. The molecule has 1 aromatic carbocycles. The Kier molecular flexibility index (Phi) is 6.16. The van der Waals surface area contributed by atoms with Crippen LogP contribution in [0.25, 0.3) is 0 Å². The highest BCUT2D eigenvalue weighted by atomic mass is 16.7. The van der Waals surface area contributed by atoms with E-state index in [0.717, 1.165) is 18.4 Å². The van der Waals surface area contributed by atoms with Crippen molar-refractivity contribution in [1.29, 1.82) is 0 Å². The normalized spacial score (nSPS) is 22.4. The van der Waals surface area contributed by atoms with Crippen LogP contribution >= 0.6 is 0 Å². The third-order valence-electron chi connectivity index (χ3n) is 4.88. The summed E-state index contributed by atoms with van der Waals surface area (Å²) in [6.45, 7) is 3.24. The number of aliphatic hydroxyl groups is 1. The van der Waals surface area contributed by atoms with Gasteiger partial charge in [-0.1, -0.05) is 37.3 Å². The molecule has 0 bridgehead atoms. The van der Waals surface area contributed by atoms with Gasteiger partial charge in [0.05, 0.1) is 13.7 Å². The van der Waals surface area contributed by atoms with Crippen LogP contribution < -0.4 is 0 Å². The fourth-order valence-electron chi connectivity index (χ4n) is 3.01. The van der Waals surface area contributed by atoms with Crippen molar-refractivity contribution in [3.63, 3.8) is 0 Å². The molecule has 1 N–H and O–H groups in total. The highest BCUT2D eigenvalue weighted by molar-refractivity contribution is 5.80. The third kappa shape index (κ3) is 4.53. The summed E-state index contributed by atoms with van der Waals surface area (Å²) in [6.07, 6.45) is 1.55. The SMILES string of the molecule is CON(C)C(=O)[C@@H]1C[C@@H]1[C@@](C)(CO)CCOCc1ccccc1. The number of rotatable bonds is 9. The second-order valence-electron chi connectivity index (χ2n) is 6.57. The Hall–Kier alpha value is -1.43. The van der Waals surface area contributed by atoms with E-state index in [0.29, 0.717) is 13.2 Å². The first kappa shape index (κ1) is 17.9. The first-order chi connectivity index (χ1) is 11.0. The van der Waals surface area contributed by atoms with Crippen LogP contribution in [-0.2, 0) is 21.0 Å². The molecule has 0 heterocycles. The molecule has 1 aliphatic carbocycles. The average molecular weight is 321 g/mol. The predicted octanol–water partition coefficient (Wildman–Crippen LogP) is 2.25. The lowest BCUT2D eigenvalue weighted by molar-refractivity contribution is -0.171. The molecule has 5 heteroatoms. The molecule has 3 atom stereocenters. The smallest absolute Gasteiger partial charge is 0.249 e. The lowest BCUT2D eigenvalue weighted by Gasteiger charge is -2.28. The molecule has 0 aromatic heterocycles. The summed E-state index contributed by atoms with van der Waals surface area (Å²) in [4.78, 5) is 17.1. The number of carbonyl (C=O) groups is 1. The number of ether oxygens (including phenoxy) is 1. The quantitative estimate of drug-likeness (QED) is 0.560. The molecule has 1 aromatic rings. The Balaban J connectivity index is 1.79. The Morgan fingerprint density at radius 1 is 1.39 bits per heavy atom. The second kappa shape index (κ2) is 7.90. The minimum atomic E-state index is -0.286. The Bertz CT molecular complexity index is 507. The van der Waals surface area contributed by atoms with Crippen molar-refractivity contribution in [3.8, 4) is 0 Å². The van der Waals surface area contributed by atoms with Crippen molar-refractivity contribution >= 4 is 5.91 Å². The second-order valence-corrected chi connectivity index (χ2v) is 6.57. The minimum absolute atomic E-state index is 0.0117. The van der Waals surface area contributed by atoms with Gasteiger partial charge < -0.3 is 9.84 Å². The van der Waals surface area contributed by atoms with Crippen LogP contribution in [0.1, 0.15) is 25.3 Å². The van der Waals surface area contributed by atoms with E-state index in [2.05, 4.69) is 0 Å². The van der Waals surface area contributed by atoms with E-state index in [1.807, 2.05) is 37.3 Å². The minimum Gasteiger partial charge on any atom is -0.396 e. The van der Waals surface area contributed by atoms with Crippen molar-refractivity contribution in [2.24, 2.45) is 17.3 Å². The van der Waals surface area contributed by atoms with Gasteiger partial charge in [0.2, 0.25) is 5.91 Å². The van der Waals surface area contributed by atoms with Gasteiger partial charge in [0.25, 0.3) is 0 Å². The maximum absolute atomic E-state index is 12.1. The number of hydrogen-bond acceptors (Lipinski definition) is 4. The third-order valence-corrected chi connectivity index (χ3v) is 4.88. The lowest BCUT2D eigenvalue weighted by Crippen LogP contribution is -2.32. The molecule has 0 aliphatic heterocycles. The Labute approximate surface area is 138 Å². The van der Waals surface area contributed by atoms with E-state index in [1.54, 1.807) is 7.05 Å². The zero-order valence-corrected chi connectivity index (χ0v) is 14.2. The zero-order valence-electron chi connectivity index (χ0n) is 14.2. The summed E-state index contributed by atoms with van der Waals surface area (Å²) in [5, 5.41) is 11.1. The van der Waals surface area contributed by atoms with Crippen LogP contribution in [0, 0.1) is 17.3 Å². The monoisotopic (exact) mass is 321 g/mol. The van der Waals surface area contributed by atoms with E-state index in [9.17, 15) is 9.90 Å². The molecule has 1 fully saturated rings. The highest BCUT2D eigenvalue weighted by Gasteiger charge is 2.53. The molecule has 5 nitrogen and oxygen atoms in total. The molecule has 1 saturated carbocycles. The summed E-state index contributed by atoms with van der Waals surface area (Å²) < 4.78 is 5.73. The number of aliphatic hydroxyl groups excluding tert-OH is 1. The van der Waals surface area contributed by atoms with E-state index >= 15 is 0 Å². The van der Waals surface area contributed by atoms with Gasteiger partial charge >= 0.3 is 0 Å². The molecule has 0 saturated heterocycles. The van der Waals surface area contributed by atoms with Gasteiger partial charge in [0, 0.05) is 26.2 Å². The number of hydroxylamine groups is 2. The van der Waals surface area contributed by atoms with Crippen LogP contribution in [0.3, 0.4) is 0 Å². The fraction of sp³-hybridized carbons (Fsp3) is 0.611. The van der Waals surface area contributed by atoms with E-state index < -0.39 is 0 Å². The van der Waals surface area contributed by atoms with Gasteiger partial charge in [-0.25, -0.2) is 5.06 Å². The first-order valence-corrected chi connectivity index (χ1v) is 8.06. The molecule has 1 amide bonds. The summed E-state index contributed by atoms with van der Waals surface area (Å²) in [7, 11) is 3.11. The first-order valence-electron chi connectivity index (χ1n) is 8.06. The zero-order chi connectivity index (χ0) is 16.9. The predicted molar refractivity (Wildman–Crippen MR) is 87.3 cm³/mol. The van der Waals surface area contributed by atoms with Crippen molar-refractivity contribution < 1.29 is 19.5 Å². The van der Waals surface area contributed by atoms with E-state index in [1.165, 1.54) is 12.2 Å². The van der Waals surface area contributed by atoms with Crippen LogP contribution in [0.4, 0.5) is 0 Å². The van der Waals surface area contributed by atoms with Crippen molar-refractivity contribution in [2.45, 2.75) is 26.4 Å². The lowest BCUT2D eigenvalue weighted by atomic mass is 9.81. The molecule has 2 rings (SSSR count). The molecule has 23 heavy (non-hydrogen) atoms. The molecule has 1 aliphatic rings. The topological polar surface area (TPSA) is 59.0 Å². The number of hydrogen-bond donors (Lipinski definition) is 1. The van der Waals surface area contributed by atoms with Gasteiger partial charge in [0.15, 0.2) is 0 Å². The number of carbonyl (C=O) groups excluding carboxylic acids is 1. The van der Waals surface area contributed by atoms with E-state index in [-0.39, 0.29) is 29.8 Å². The van der Waals surface area contributed by atoms with E-state index in [4.69, 9.17) is 9.57 Å². The van der Waals surface area contributed by atoms with Crippen LogP contribution in [0.15, 0.2) is 30.3 Å². The van der Waals surface area contributed by atoms with Gasteiger partial charge in [-0.3, -0.25) is 9.63 Å². The summed E-state index contributed by atoms with van der Waals surface area (Å²) in [5.74, 6) is 0.131. The molecule has 0 unspecified atom stereocenters. The number of nitrogens with zero attached hydrogens (tertiary/aromatic N) is 1. The van der Waals surface area contributed by atoms with Gasteiger partial charge in [-0.15, -0.1) is 0 Å². The molecular weight excluding hydrogens is 294 g/mol. The van der Waals surface area contributed by atoms with Gasteiger partial charge in [-0.2, -0.15) is 0 Å². The van der Waals surface area contributed by atoms with Gasteiger partial charge in [0.1, 0.15) is 0 Å². The maximum atomic E-state index is 12.1. The number of benzene rings is 1. The van der Waals surface area contributed by atoms with Gasteiger partial charge in [-0.05, 0) is 29.7 Å². The summed E-state index contributed by atoms with van der Waals surface area (Å²) in [5.41, 5.74) is 0.852. The standard InChI is InChI=1S/C18H27NO4/c1-18(13-20,16-11-15(16)17(21)19(2)22-3)9-10-23-12-14-7-5-4-6-8-14/h4-8,15-16,20H,9-13H2,1-3H3/t15-,16+,18-/m1/s1. The average Bonchev–Trinajstić information content (AvgIpc) is 3.39. The largest absolute Gasteiger partial charge is 0.396 e. The highest BCUT2D eigenvalue weighted by Crippen LogP contribution is 2.53. The maximum Gasteiger partial charge on any atom is 0.249 e. The van der Waals surface area contributed by atoms with Crippen LogP contribution in [-0.4, -0.2) is 43.4 Å². The summed E-state index contributed by atoms with van der Waals surface area (Å²) in [6, 6.07) is 10.0. The van der Waals surface area contributed by atoms with Crippen LogP contribution in [0.2, 0.25) is 0 Å². The molecular formula is C18H27NO4. The fourth-order valence-corrected chi connectivity index (χ4v) is 3.01. The summed E-state index contributed by atoms with van der Waals surface area (Å²) >= 11 is 0. The Morgan fingerprint density at radius 2 is 2.09 bits per heavy atom. The number of amides is 1. The Morgan fingerprint density at radius 3 is 2.70 bits per heavy atom. The van der Waals surface area contributed by atoms with Crippen molar-refractivity contribution in [1.82, 2.24) is 5.06 Å².